The van der Waals surface area contributed by atoms with E-state index in [0.29, 0.717) is 22.3 Å². The Kier molecular flexibility index (Phi) is 7.96. The lowest BCUT2D eigenvalue weighted by molar-refractivity contribution is -0.391. The van der Waals surface area contributed by atoms with Crippen LogP contribution in [0.2, 0.25) is 0 Å². The Morgan fingerprint density at radius 2 is 0.969 bits per heavy atom. The largest absolute Gasteiger partial charge is 0.513 e. The van der Waals surface area contributed by atoms with Crippen molar-refractivity contribution in [2.75, 3.05) is 0 Å². The lowest BCUT2D eigenvalue weighted by atomic mass is 10.1. The zero-order valence-corrected chi connectivity index (χ0v) is 18.8. The van der Waals surface area contributed by atoms with Gasteiger partial charge in [-0.25, -0.2) is 14.4 Å². The van der Waals surface area contributed by atoms with Crippen LogP contribution in [0, 0.1) is 13.8 Å². The van der Waals surface area contributed by atoms with Crippen LogP contribution in [0.25, 0.3) is 0 Å². The highest BCUT2D eigenvalue weighted by atomic mass is 17.3. The molecular formula is C23H26O9. The van der Waals surface area contributed by atoms with Gasteiger partial charge in [0, 0.05) is 27.7 Å². The normalized spacial score (nSPS) is 11.4. The van der Waals surface area contributed by atoms with E-state index in [2.05, 4.69) is 0 Å². The number of benzene rings is 2. The van der Waals surface area contributed by atoms with E-state index < -0.39 is 29.7 Å². The average Bonchev–Trinajstić information content (AvgIpc) is 2.70. The third kappa shape index (κ3) is 7.36. The molecule has 0 aliphatic rings. The van der Waals surface area contributed by atoms with Gasteiger partial charge in [0.05, 0.1) is 11.1 Å². The Morgan fingerprint density at radius 3 is 1.31 bits per heavy atom. The average molecular weight is 446 g/mol. The van der Waals surface area contributed by atoms with Crippen molar-refractivity contribution in [3.8, 4) is 0 Å². The van der Waals surface area contributed by atoms with Gasteiger partial charge in [-0.05, 0) is 37.1 Å². The summed E-state index contributed by atoms with van der Waals surface area (Å²) >= 11 is 0. The van der Waals surface area contributed by atoms with Crippen LogP contribution in [0.3, 0.4) is 0 Å². The molecule has 0 saturated carbocycles. The Hall–Kier alpha value is -3.43. The first kappa shape index (κ1) is 24.8. The van der Waals surface area contributed by atoms with Crippen LogP contribution in [0.5, 0.6) is 0 Å². The summed E-state index contributed by atoms with van der Waals surface area (Å²) in [6.45, 7) is 8.83. The van der Waals surface area contributed by atoms with E-state index in [0.717, 1.165) is 0 Å². The van der Waals surface area contributed by atoms with Crippen molar-refractivity contribution in [1.82, 2.24) is 0 Å². The number of hydrogen-bond donors (Lipinski definition) is 0. The summed E-state index contributed by atoms with van der Waals surface area (Å²) < 4.78 is 10.0. The van der Waals surface area contributed by atoms with Crippen LogP contribution in [0.15, 0.2) is 48.5 Å². The summed E-state index contributed by atoms with van der Waals surface area (Å²) in [6.07, 6.45) is -1.21. The second-order valence-corrected chi connectivity index (χ2v) is 7.79. The van der Waals surface area contributed by atoms with E-state index in [-0.39, 0.29) is 0 Å². The number of carbonyl (C=O) groups excluding carboxylic acids is 3. The van der Waals surface area contributed by atoms with Crippen LogP contribution in [0.1, 0.15) is 59.5 Å². The first-order valence-corrected chi connectivity index (χ1v) is 9.73. The van der Waals surface area contributed by atoms with Crippen LogP contribution < -0.4 is 0 Å². The predicted molar refractivity (Wildman–Crippen MR) is 111 cm³/mol. The highest BCUT2D eigenvalue weighted by Crippen LogP contribution is 2.20. The number of rotatable bonds is 8. The van der Waals surface area contributed by atoms with E-state index in [4.69, 9.17) is 29.0 Å². The van der Waals surface area contributed by atoms with E-state index in [1.807, 2.05) is 0 Å². The summed E-state index contributed by atoms with van der Waals surface area (Å²) in [5, 5.41) is 0. The second kappa shape index (κ2) is 10.3. The molecule has 0 bridgehead atoms. The molecule has 0 N–H and O–H groups in total. The summed E-state index contributed by atoms with van der Waals surface area (Å²) in [7, 11) is 0. The van der Waals surface area contributed by atoms with Crippen LogP contribution in [-0.4, -0.2) is 29.7 Å². The molecule has 0 fully saturated rings. The molecule has 0 amide bonds. The molecule has 2 rings (SSSR count). The fourth-order valence-corrected chi connectivity index (χ4v) is 2.43. The Labute approximate surface area is 186 Å². The third-order valence-electron chi connectivity index (χ3n) is 4.02. The minimum atomic E-state index is -1.68. The Balaban J connectivity index is 1.85. The monoisotopic (exact) mass is 446 g/mol. The van der Waals surface area contributed by atoms with E-state index in [9.17, 15) is 14.4 Å². The van der Waals surface area contributed by atoms with Gasteiger partial charge in [0.25, 0.3) is 11.6 Å². The van der Waals surface area contributed by atoms with Crippen LogP contribution >= 0.6 is 0 Å². The molecule has 0 aliphatic carbocycles. The van der Waals surface area contributed by atoms with Crippen molar-refractivity contribution in [3.05, 3.63) is 70.8 Å². The van der Waals surface area contributed by atoms with Crippen molar-refractivity contribution in [2.45, 2.75) is 53.1 Å². The molecule has 2 aromatic carbocycles. The molecule has 172 valence electrons. The number of ether oxygens (including phenoxy) is 2. The molecule has 9 heteroatoms. The van der Waals surface area contributed by atoms with Gasteiger partial charge in [-0.1, -0.05) is 36.4 Å². The molecule has 32 heavy (non-hydrogen) atoms. The Morgan fingerprint density at radius 1 is 0.625 bits per heavy atom. The lowest BCUT2D eigenvalue weighted by Crippen LogP contribution is -2.38. The predicted octanol–water partition coefficient (Wildman–Crippen LogP) is 4.81. The minimum absolute atomic E-state index is 0.302. The highest BCUT2D eigenvalue weighted by Gasteiger charge is 2.34. The maximum absolute atomic E-state index is 12.1. The summed E-state index contributed by atoms with van der Waals surface area (Å²) in [5.74, 6) is -4.85. The smallest absolute Gasteiger partial charge is 0.398 e. The number of aryl methyl sites for hydroxylation is 2. The maximum atomic E-state index is 12.1. The quantitative estimate of drug-likeness (QED) is 0.244. The molecule has 0 heterocycles. The van der Waals surface area contributed by atoms with Gasteiger partial charge in [0.1, 0.15) is 0 Å². The van der Waals surface area contributed by atoms with Crippen molar-refractivity contribution < 1.29 is 43.4 Å². The first-order chi connectivity index (χ1) is 14.9. The maximum Gasteiger partial charge on any atom is 0.513 e. The van der Waals surface area contributed by atoms with Gasteiger partial charge in [-0.2, -0.15) is 0 Å². The summed E-state index contributed by atoms with van der Waals surface area (Å²) in [4.78, 5) is 55.8. The van der Waals surface area contributed by atoms with Crippen molar-refractivity contribution in [2.24, 2.45) is 0 Å². The summed E-state index contributed by atoms with van der Waals surface area (Å²) in [5.41, 5.74) is 1.99. The number of hydrogen-bond acceptors (Lipinski definition) is 9. The molecule has 0 aliphatic heterocycles. The minimum Gasteiger partial charge on any atom is -0.398 e. The molecule has 0 unspecified atom stereocenters. The molecule has 0 saturated heterocycles. The molecule has 0 aromatic heterocycles. The molecule has 0 spiro atoms. The first-order valence-electron chi connectivity index (χ1n) is 9.73. The SMILES string of the molecule is Cc1ccccc1C(=O)OOC(C)(C)OC(=O)OC(C)(C)OOC(=O)c1ccccc1C. The molecule has 9 nitrogen and oxygen atoms in total. The molecular weight excluding hydrogens is 420 g/mol. The highest BCUT2D eigenvalue weighted by molar-refractivity contribution is 5.91. The Bertz CT molecular complexity index is 901. The van der Waals surface area contributed by atoms with Crippen LogP contribution in [0.4, 0.5) is 4.79 Å². The van der Waals surface area contributed by atoms with E-state index in [1.165, 1.54) is 27.7 Å². The molecule has 0 radical (unpaired) electrons. The zero-order valence-electron chi connectivity index (χ0n) is 18.8. The lowest BCUT2D eigenvalue weighted by Gasteiger charge is -2.26. The van der Waals surface area contributed by atoms with Gasteiger partial charge in [0.15, 0.2) is 0 Å². The fourth-order valence-electron chi connectivity index (χ4n) is 2.43. The van der Waals surface area contributed by atoms with Gasteiger partial charge in [-0.15, -0.1) is 9.78 Å². The van der Waals surface area contributed by atoms with Gasteiger partial charge >= 0.3 is 18.1 Å². The van der Waals surface area contributed by atoms with Crippen molar-refractivity contribution in [3.63, 3.8) is 0 Å². The fraction of sp³-hybridized carbons (Fsp3) is 0.348. The standard InChI is InChI=1S/C23H26O9/c1-15-11-7-9-13-17(15)19(24)29-31-22(3,4)27-21(26)28-23(5,6)32-30-20(25)18-14-10-8-12-16(18)2/h7-14H,1-6H3. The zero-order chi connectivity index (χ0) is 23.9. The summed E-state index contributed by atoms with van der Waals surface area (Å²) in [6, 6.07) is 13.5. The number of carbonyl (C=O) groups is 3. The molecule has 0 atom stereocenters. The van der Waals surface area contributed by atoms with Gasteiger partial charge in [-0.3, -0.25) is 9.78 Å². The third-order valence-corrected chi connectivity index (χ3v) is 4.02. The second-order valence-electron chi connectivity index (χ2n) is 7.79. The van der Waals surface area contributed by atoms with E-state index in [1.54, 1.807) is 62.4 Å². The topological polar surface area (TPSA) is 107 Å². The van der Waals surface area contributed by atoms with Gasteiger partial charge < -0.3 is 9.47 Å². The van der Waals surface area contributed by atoms with E-state index >= 15 is 0 Å². The van der Waals surface area contributed by atoms with Crippen molar-refractivity contribution in [1.29, 1.82) is 0 Å². The van der Waals surface area contributed by atoms with Crippen LogP contribution in [-0.2, 0) is 29.0 Å². The van der Waals surface area contributed by atoms with Gasteiger partial charge in [0.2, 0.25) is 0 Å². The molecule has 2 aromatic rings. The van der Waals surface area contributed by atoms with Crippen molar-refractivity contribution >= 4 is 18.1 Å².